The molecule has 2 saturated heterocycles. The summed E-state index contributed by atoms with van der Waals surface area (Å²) in [5.41, 5.74) is -0.216. The van der Waals surface area contributed by atoms with Crippen molar-refractivity contribution in [3.8, 4) is 11.3 Å². The first-order valence-corrected chi connectivity index (χ1v) is 10.2. The van der Waals surface area contributed by atoms with Gasteiger partial charge in [-0.15, -0.1) is 11.8 Å². The van der Waals surface area contributed by atoms with E-state index in [1.165, 1.54) is 41.8 Å². The quantitative estimate of drug-likeness (QED) is 0.416. The van der Waals surface area contributed by atoms with E-state index in [9.17, 15) is 23.9 Å². The van der Waals surface area contributed by atoms with Crippen LogP contribution >= 0.6 is 23.4 Å². The second-order valence-electron chi connectivity index (χ2n) is 7.59. The van der Waals surface area contributed by atoms with Gasteiger partial charge < -0.3 is 24.6 Å². The maximum atomic E-state index is 14.3. The minimum absolute atomic E-state index is 0. The molecule has 0 bridgehead atoms. The molecule has 12 heteroatoms. The van der Waals surface area contributed by atoms with Crippen LogP contribution in [0.25, 0.3) is 11.3 Å². The van der Waals surface area contributed by atoms with E-state index in [-0.39, 0.29) is 57.2 Å². The molecule has 3 heterocycles. The molecule has 0 saturated carbocycles. The number of carbonyl (C=O) groups excluding carboxylic acids is 3. The Morgan fingerprint density at radius 3 is 2.68 bits per heavy atom. The predicted octanol–water partition coefficient (Wildman–Crippen LogP) is -1.64. The third kappa shape index (κ3) is 3.78. The average molecular weight is 476 g/mol. The molecule has 0 radical (unpaired) electrons. The van der Waals surface area contributed by atoms with Gasteiger partial charge in [-0.2, -0.15) is 0 Å². The summed E-state index contributed by atoms with van der Waals surface area (Å²) in [6.07, 6.45) is 0. The van der Waals surface area contributed by atoms with Crippen LogP contribution in [0.3, 0.4) is 0 Å². The first kappa shape index (κ1) is 24.1. The van der Waals surface area contributed by atoms with Gasteiger partial charge in [-0.3, -0.25) is 9.59 Å². The number of amides is 2. The summed E-state index contributed by atoms with van der Waals surface area (Å²) in [5, 5.41) is 17.4. The van der Waals surface area contributed by atoms with Crippen LogP contribution in [0.15, 0.2) is 22.7 Å². The number of thioether (sulfide) groups is 1. The number of aryl methyl sites for hydroxylation is 1. The fraction of sp³-hybridized carbons (Fsp3) is 0.368. The third-order valence-electron chi connectivity index (χ3n) is 5.24. The molecule has 0 aliphatic carbocycles. The molecular weight excluding hydrogens is 460 g/mol. The smallest absolute Gasteiger partial charge is 0.548 e. The summed E-state index contributed by atoms with van der Waals surface area (Å²) < 4.78 is 18.7. The Morgan fingerprint density at radius 1 is 1.39 bits per heavy atom. The molecule has 4 rings (SSSR count). The van der Waals surface area contributed by atoms with Crippen LogP contribution in [-0.2, 0) is 9.59 Å². The molecule has 2 aromatic rings. The molecule has 8 nitrogen and oxygen atoms in total. The summed E-state index contributed by atoms with van der Waals surface area (Å²) in [6, 6.07) is 2.01. The van der Waals surface area contributed by atoms with E-state index in [4.69, 9.17) is 16.1 Å². The van der Waals surface area contributed by atoms with Crippen LogP contribution in [-0.4, -0.2) is 50.0 Å². The number of β-lactam (4-membered cyclic amide) rings is 1. The van der Waals surface area contributed by atoms with Gasteiger partial charge >= 0.3 is 29.6 Å². The van der Waals surface area contributed by atoms with Crippen LogP contribution in [0.4, 0.5) is 4.39 Å². The summed E-state index contributed by atoms with van der Waals surface area (Å²) in [6.45, 7) is 4.88. The number of carbonyl (C=O) groups is 3. The Kier molecular flexibility index (Phi) is 6.52. The normalized spacial score (nSPS) is 23.6. The van der Waals surface area contributed by atoms with Crippen molar-refractivity contribution in [3.63, 3.8) is 0 Å². The van der Waals surface area contributed by atoms with Gasteiger partial charge in [0.25, 0.3) is 5.91 Å². The summed E-state index contributed by atoms with van der Waals surface area (Å²) in [7, 11) is 0. The number of aliphatic carboxylic acids is 1. The molecule has 3 atom stereocenters. The Labute approximate surface area is 208 Å². The van der Waals surface area contributed by atoms with E-state index < -0.39 is 45.8 Å². The van der Waals surface area contributed by atoms with Crippen LogP contribution in [0.5, 0.6) is 0 Å². The summed E-state index contributed by atoms with van der Waals surface area (Å²) in [5.74, 6) is -3.13. The molecular formula is C19H16ClFN3NaO5S. The van der Waals surface area contributed by atoms with Crippen LogP contribution in [0.2, 0.25) is 5.02 Å². The van der Waals surface area contributed by atoms with Gasteiger partial charge in [-0.1, -0.05) is 22.8 Å². The van der Waals surface area contributed by atoms with Crippen molar-refractivity contribution in [1.82, 2.24) is 15.4 Å². The molecule has 1 N–H and O–H groups in total. The fourth-order valence-electron chi connectivity index (χ4n) is 3.87. The van der Waals surface area contributed by atoms with E-state index in [2.05, 4.69) is 10.5 Å². The zero-order chi connectivity index (χ0) is 22.0. The van der Waals surface area contributed by atoms with Gasteiger partial charge in [0, 0.05) is 4.75 Å². The molecule has 1 unspecified atom stereocenters. The number of nitrogens with one attached hydrogen (secondary N) is 1. The predicted molar refractivity (Wildman–Crippen MR) is 104 cm³/mol. The largest absolute Gasteiger partial charge is 1.00 e. The number of aromatic nitrogens is 1. The van der Waals surface area contributed by atoms with Gasteiger partial charge in [0.05, 0.1) is 22.6 Å². The first-order valence-electron chi connectivity index (χ1n) is 8.97. The summed E-state index contributed by atoms with van der Waals surface area (Å²) >= 11 is 7.35. The Balaban J connectivity index is 0.00000272. The number of carboxylic acid groups (broad SMARTS) is 1. The number of halogens is 2. The van der Waals surface area contributed by atoms with E-state index in [0.717, 1.165) is 0 Å². The van der Waals surface area contributed by atoms with Gasteiger partial charge in [0.2, 0.25) is 5.91 Å². The number of nitrogens with zero attached hydrogens (tertiary/aromatic N) is 2. The topological polar surface area (TPSA) is 116 Å². The third-order valence-corrected chi connectivity index (χ3v) is 7.13. The number of hydrogen-bond acceptors (Lipinski definition) is 7. The number of benzene rings is 1. The van der Waals surface area contributed by atoms with Crippen LogP contribution < -0.4 is 40.0 Å². The molecule has 2 aliphatic heterocycles. The van der Waals surface area contributed by atoms with Crippen molar-refractivity contribution < 1.29 is 58.0 Å². The van der Waals surface area contributed by atoms with Crippen molar-refractivity contribution in [3.05, 3.63) is 40.4 Å². The number of fused-ring (bicyclic) bond motifs is 1. The monoisotopic (exact) mass is 475 g/mol. The standard InChI is InChI=1S/C19H17ClFN3O5S.Na/c1-7-10(12(23-29-7)11-8(20)5-4-6-9(11)21)15(25)22-13-16(26)24-14(18(27)28)19(2,3)30-17(13)24;/h4-6,13-14,17H,1-3H3,(H,22,25)(H,27,28);/q;+1/p-1/t13?,14-,17+;/m0./s1. The molecule has 1 aromatic heterocycles. The maximum Gasteiger partial charge on any atom is 1.00 e. The molecule has 1 aromatic carbocycles. The maximum absolute atomic E-state index is 14.3. The molecule has 2 amide bonds. The van der Waals surface area contributed by atoms with Crippen LogP contribution in [0.1, 0.15) is 30.0 Å². The van der Waals surface area contributed by atoms with E-state index in [1.54, 1.807) is 13.8 Å². The Morgan fingerprint density at radius 2 is 2.06 bits per heavy atom. The minimum Gasteiger partial charge on any atom is -0.548 e. The summed E-state index contributed by atoms with van der Waals surface area (Å²) in [4.78, 5) is 38.3. The Bertz CT molecular complexity index is 1070. The molecule has 2 fully saturated rings. The Hall–Kier alpha value is -1.59. The minimum atomic E-state index is -1.35. The van der Waals surface area contributed by atoms with Crippen molar-refractivity contribution >= 4 is 41.1 Å². The molecule has 2 aliphatic rings. The molecule has 31 heavy (non-hydrogen) atoms. The average Bonchev–Trinajstić information content (AvgIpc) is 3.14. The number of rotatable bonds is 4. The SMILES string of the molecule is Cc1onc(-c2c(F)cccc2Cl)c1C(=O)NC1C(=O)N2[C@@H]1SC(C)(C)[C@@H]2C(=O)[O-].[Na+]. The zero-order valence-corrected chi connectivity index (χ0v) is 20.6. The van der Waals surface area contributed by atoms with Crippen LogP contribution in [0, 0.1) is 12.7 Å². The molecule has 0 spiro atoms. The fourth-order valence-corrected chi connectivity index (χ4v) is 5.75. The first-order chi connectivity index (χ1) is 14.0. The number of carboxylic acids is 1. The van der Waals surface area contributed by atoms with Crippen molar-refractivity contribution in [1.29, 1.82) is 0 Å². The van der Waals surface area contributed by atoms with E-state index in [0.29, 0.717) is 0 Å². The van der Waals surface area contributed by atoms with Crippen molar-refractivity contribution in [2.75, 3.05) is 0 Å². The van der Waals surface area contributed by atoms with Crippen molar-refractivity contribution in [2.24, 2.45) is 0 Å². The van der Waals surface area contributed by atoms with E-state index >= 15 is 0 Å². The van der Waals surface area contributed by atoms with Gasteiger partial charge in [0.1, 0.15) is 34.3 Å². The van der Waals surface area contributed by atoms with Crippen molar-refractivity contribution in [2.45, 2.75) is 43.0 Å². The second-order valence-corrected chi connectivity index (χ2v) is 9.77. The number of hydrogen-bond donors (Lipinski definition) is 1. The van der Waals surface area contributed by atoms with Gasteiger partial charge in [-0.25, -0.2) is 4.39 Å². The van der Waals surface area contributed by atoms with Gasteiger partial charge in [-0.05, 0) is 32.9 Å². The molecule has 158 valence electrons. The second kappa shape index (κ2) is 8.40. The van der Waals surface area contributed by atoms with Gasteiger partial charge in [0.15, 0.2) is 0 Å². The van der Waals surface area contributed by atoms with E-state index in [1.807, 2.05) is 0 Å². The zero-order valence-electron chi connectivity index (χ0n) is 17.1.